The summed E-state index contributed by atoms with van der Waals surface area (Å²) >= 11 is 1.28. The first-order valence-corrected chi connectivity index (χ1v) is 10.6. The zero-order chi connectivity index (χ0) is 22.0. The number of benzene rings is 1. The van der Waals surface area contributed by atoms with Gasteiger partial charge in [0.05, 0.1) is 19.4 Å². The van der Waals surface area contributed by atoms with Crippen molar-refractivity contribution >= 4 is 33.9 Å². The molecule has 3 heterocycles. The zero-order valence-electron chi connectivity index (χ0n) is 17.3. The summed E-state index contributed by atoms with van der Waals surface area (Å²) in [5.41, 5.74) is 3.41. The van der Waals surface area contributed by atoms with Crippen LogP contribution in [0, 0.1) is 6.92 Å². The summed E-state index contributed by atoms with van der Waals surface area (Å²) in [6, 6.07) is 13.1. The van der Waals surface area contributed by atoms with Crippen LogP contribution in [-0.2, 0) is 4.74 Å². The maximum atomic E-state index is 13.2. The molecule has 0 saturated carbocycles. The minimum atomic E-state index is -0.477. The molecule has 0 atom stereocenters. The van der Waals surface area contributed by atoms with E-state index in [9.17, 15) is 9.59 Å². The van der Waals surface area contributed by atoms with Crippen LogP contribution in [0.2, 0.25) is 0 Å². The molecular weight excluding hydrogens is 414 g/mol. The van der Waals surface area contributed by atoms with Crippen LogP contribution in [0.4, 0.5) is 5.00 Å². The van der Waals surface area contributed by atoms with Crippen LogP contribution in [0.25, 0.3) is 16.8 Å². The van der Waals surface area contributed by atoms with Gasteiger partial charge in [-0.1, -0.05) is 30.3 Å². The minimum absolute atomic E-state index is 0.239. The number of esters is 1. The Hall–Kier alpha value is -3.65. The quantitative estimate of drug-likeness (QED) is 0.440. The first-order chi connectivity index (χ1) is 15.0. The van der Waals surface area contributed by atoms with E-state index in [2.05, 4.69) is 10.3 Å². The number of methoxy groups -OCH3 is 1. The number of ether oxygens (including phenoxy) is 2. The molecule has 0 aliphatic heterocycles. The molecule has 1 amide bonds. The third-order valence-corrected chi connectivity index (χ3v) is 5.70. The second-order valence-electron chi connectivity index (χ2n) is 6.71. The third-order valence-electron chi connectivity index (χ3n) is 4.81. The zero-order valence-corrected chi connectivity index (χ0v) is 18.2. The summed E-state index contributed by atoms with van der Waals surface area (Å²) in [6.07, 6.45) is 1.75. The largest absolute Gasteiger partial charge is 0.493 e. The second-order valence-corrected chi connectivity index (χ2v) is 7.59. The van der Waals surface area contributed by atoms with Gasteiger partial charge in [-0.15, -0.1) is 11.3 Å². The lowest BCUT2D eigenvalue weighted by molar-refractivity contribution is 0.0529. The van der Waals surface area contributed by atoms with E-state index in [-0.39, 0.29) is 12.5 Å². The summed E-state index contributed by atoms with van der Waals surface area (Å²) in [5, 5.41) is 5.17. The Labute approximate surface area is 183 Å². The third kappa shape index (κ3) is 3.77. The maximum Gasteiger partial charge on any atom is 0.341 e. The van der Waals surface area contributed by atoms with Crippen molar-refractivity contribution in [3.8, 4) is 16.9 Å². The first kappa shape index (κ1) is 20.6. The van der Waals surface area contributed by atoms with E-state index in [4.69, 9.17) is 9.47 Å². The monoisotopic (exact) mass is 435 g/mol. The number of aromatic nitrogens is 2. The van der Waals surface area contributed by atoms with E-state index >= 15 is 0 Å². The lowest BCUT2D eigenvalue weighted by atomic mass is 10.0. The predicted octanol–water partition coefficient (Wildman–Crippen LogP) is 4.81. The van der Waals surface area contributed by atoms with Gasteiger partial charge in [-0.3, -0.25) is 9.20 Å². The van der Waals surface area contributed by atoms with Gasteiger partial charge in [0, 0.05) is 17.1 Å². The van der Waals surface area contributed by atoms with Gasteiger partial charge in [0.1, 0.15) is 16.3 Å². The first-order valence-electron chi connectivity index (χ1n) is 9.72. The minimum Gasteiger partial charge on any atom is -0.493 e. The Kier molecular flexibility index (Phi) is 5.73. The molecule has 0 radical (unpaired) electrons. The maximum absolute atomic E-state index is 13.2. The van der Waals surface area contributed by atoms with Crippen LogP contribution in [0.1, 0.15) is 33.5 Å². The number of amides is 1. The van der Waals surface area contributed by atoms with E-state index in [1.807, 2.05) is 35.7 Å². The molecule has 4 rings (SSSR count). The van der Waals surface area contributed by atoms with Gasteiger partial charge in [-0.25, -0.2) is 9.78 Å². The molecule has 0 unspecified atom stereocenters. The van der Waals surface area contributed by atoms with Crippen LogP contribution < -0.4 is 10.1 Å². The smallest absolute Gasteiger partial charge is 0.341 e. The van der Waals surface area contributed by atoms with E-state index in [0.717, 1.165) is 11.1 Å². The standard InChI is InChI=1S/C23H21N3O4S/c1-4-30-23(28)18-16(15-9-6-5-7-10-15)13-31-22(18)25-21(27)19-14(2)24-20-17(29-3)11-8-12-26(19)20/h5-13H,4H2,1-3H3,(H,25,27). The van der Waals surface area contributed by atoms with Crippen molar-refractivity contribution in [3.05, 3.63) is 71.0 Å². The molecule has 8 heteroatoms. The summed E-state index contributed by atoms with van der Waals surface area (Å²) < 4.78 is 12.3. The molecule has 0 bridgehead atoms. The molecule has 0 spiro atoms. The fourth-order valence-electron chi connectivity index (χ4n) is 3.44. The number of hydrogen-bond donors (Lipinski definition) is 1. The highest BCUT2D eigenvalue weighted by Crippen LogP contribution is 2.36. The van der Waals surface area contributed by atoms with Crippen LogP contribution in [-0.4, -0.2) is 35.0 Å². The number of imidazole rings is 1. The SMILES string of the molecule is CCOC(=O)c1c(-c2ccccc2)csc1NC(=O)c1c(C)nc2c(OC)cccn12. The summed E-state index contributed by atoms with van der Waals surface area (Å²) in [6.45, 7) is 3.75. The van der Waals surface area contributed by atoms with Gasteiger partial charge in [0.25, 0.3) is 5.91 Å². The van der Waals surface area contributed by atoms with Gasteiger partial charge in [-0.2, -0.15) is 0 Å². The molecule has 0 aliphatic rings. The number of fused-ring (bicyclic) bond motifs is 1. The fraction of sp³-hybridized carbons (Fsp3) is 0.174. The average Bonchev–Trinajstić information content (AvgIpc) is 3.34. The summed E-state index contributed by atoms with van der Waals surface area (Å²) in [7, 11) is 1.56. The normalized spacial score (nSPS) is 10.8. The van der Waals surface area contributed by atoms with Crippen LogP contribution in [0.3, 0.4) is 0 Å². The fourth-order valence-corrected chi connectivity index (χ4v) is 4.39. The van der Waals surface area contributed by atoms with Crippen molar-refractivity contribution in [3.63, 3.8) is 0 Å². The molecule has 7 nitrogen and oxygen atoms in total. The van der Waals surface area contributed by atoms with Gasteiger partial charge in [0.2, 0.25) is 0 Å². The number of carbonyl (C=O) groups excluding carboxylic acids is 2. The number of nitrogens with zero attached hydrogens (tertiary/aromatic N) is 2. The molecule has 4 aromatic rings. The molecule has 1 aromatic carbocycles. The Balaban J connectivity index is 1.76. The number of anilines is 1. The molecule has 158 valence electrons. The van der Waals surface area contributed by atoms with Crippen LogP contribution in [0.15, 0.2) is 54.0 Å². The van der Waals surface area contributed by atoms with Crippen LogP contribution >= 0.6 is 11.3 Å². The van der Waals surface area contributed by atoms with Crippen molar-refractivity contribution in [2.24, 2.45) is 0 Å². The molecule has 31 heavy (non-hydrogen) atoms. The van der Waals surface area contributed by atoms with Gasteiger partial charge < -0.3 is 14.8 Å². The summed E-state index contributed by atoms with van der Waals surface area (Å²) in [5.74, 6) is -0.279. The van der Waals surface area contributed by atoms with Gasteiger partial charge in [0.15, 0.2) is 11.4 Å². The number of nitrogens with one attached hydrogen (secondary N) is 1. The van der Waals surface area contributed by atoms with Gasteiger partial charge >= 0.3 is 5.97 Å². The number of rotatable bonds is 6. The number of aryl methyl sites for hydroxylation is 1. The molecular formula is C23H21N3O4S. The number of pyridine rings is 1. The Morgan fingerprint density at radius 3 is 2.65 bits per heavy atom. The van der Waals surface area contributed by atoms with Crippen molar-refractivity contribution in [2.75, 3.05) is 19.0 Å². The number of hydrogen-bond acceptors (Lipinski definition) is 6. The molecule has 1 N–H and O–H groups in total. The average molecular weight is 436 g/mol. The summed E-state index contributed by atoms with van der Waals surface area (Å²) in [4.78, 5) is 30.5. The highest BCUT2D eigenvalue weighted by Gasteiger charge is 2.25. The highest BCUT2D eigenvalue weighted by molar-refractivity contribution is 7.15. The second kappa shape index (κ2) is 8.61. The lowest BCUT2D eigenvalue weighted by Crippen LogP contribution is -2.17. The Bertz CT molecular complexity index is 1260. The van der Waals surface area contributed by atoms with E-state index in [0.29, 0.717) is 33.3 Å². The van der Waals surface area contributed by atoms with Crippen molar-refractivity contribution in [1.82, 2.24) is 9.38 Å². The molecule has 0 fully saturated rings. The predicted molar refractivity (Wildman–Crippen MR) is 120 cm³/mol. The number of thiophene rings is 1. The Morgan fingerprint density at radius 2 is 1.94 bits per heavy atom. The van der Waals surface area contributed by atoms with Gasteiger partial charge in [-0.05, 0) is 31.5 Å². The van der Waals surface area contributed by atoms with E-state index in [1.165, 1.54) is 11.3 Å². The lowest BCUT2D eigenvalue weighted by Gasteiger charge is -2.09. The molecule has 3 aromatic heterocycles. The molecule has 0 saturated heterocycles. The van der Waals surface area contributed by atoms with E-state index in [1.54, 1.807) is 43.7 Å². The van der Waals surface area contributed by atoms with Crippen molar-refractivity contribution < 1.29 is 19.1 Å². The van der Waals surface area contributed by atoms with Crippen molar-refractivity contribution in [2.45, 2.75) is 13.8 Å². The van der Waals surface area contributed by atoms with E-state index < -0.39 is 5.97 Å². The van der Waals surface area contributed by atoms with Crippen molar-refractivity contribution in [1.29, 1.82) is 0 Å². The Morgan fingerprint density at radius 1 is 1.16 bits per heavy atom. The molecule has 0 aliphatic carbocycles. The topological polar surface area (TPSA) is 81.9 Å². The van der Waals surface area contributed by atoms with Crippen LogP contribution in [0.5, 0.6) is 5.75 Å². The highest BCUT2D eigenvalue weighted by atomic mass is 32.1. The number of carbonyl (C=O) groups is 2.